The summed E-state index contributed by atoms with van der Waals surface area (Å²) in [5, 5.41) is 7.16. The number of nitrogen functional groups attached to an aromatic ring is 1. The summed E-state index contributed by atoms with van der Waals surface area (Å²) >= 11 is 0. The highest BCUT2D eigenvalue weighted by atomic mass is 16.4. The zero-order valence-electron chi connectivity index (χ0n) is 7.29. The van der Waals surface area contributed by atoms with Gasteiger partial charge < -0.3 is 15.1 Å². The molecule has 0 unspecified atom stereocenters. The van der Waals surface area contributed by atoms with Crippen molar-refractivity contribution >= 4 is 11.9 Å². The van der Waals surface area contributed by atoms with Crippen LogP contribution in [0.2, 0.25) is 0 Å². The molecule has 2 heterocycles. The summed E-state index contributed by atoms with van der Waals surface area (Å²) in [6.07, 6.45) is 3.78. The van der Waals surface area contributed by atoms with Gasteiger partial charge >= 0.3 is 0 Å². The van der Waals surface area contributed by atoms with Crippen molar-refractivity contribution in [2.45, 2.75) is 12.8 Å². The van der Waals surface area contributed by atoms with E-state index in [0.29, 0.717) is 11.7 Å². The first kappa shape index (κ1) is 8.10. The number of aromatic nitrogens is 1. The van der Waals surface area contributed by atoms with Crippen LogP contribution in [0.1, 0.15) is 18.5 Å². The molecular weight excluding hydrogens is 168 g/mol. The van der Waals surface area contributed by atoms with E-state index in [9.17, 15) is 0 Å². The first-order valence-electron chi connectivity index (χ1n) is 4.32. The predicted octanol–water partition coefficient (Wildman–Crippen LogP) is 0.559. The zero-order valence-corrected chi connectivity index (χ0v) is 7.29. The predicted molar refractivity (Wildman–Crippen MR) is 49.0 cm³/mol. The number of anilines is 1. The Kier molecular flexibility index (Phi) is 1.92. The van der Waals surface area contributed by atoms with Gasteiger partial charge in [-0.1, -0.05) is 0 Å². The topological polar surface area (TPSA) is 79.1 Å². The number of hydrogen-bond acceptors (Lipinski definition) is 4. The van der Waals surface area contributed by atoms with Crippen LogP contribution in [0.15, 0.2) is 10.7 Å². The van der Waals surface area contributed by atoms with Gasteiger partial charge in [0, 0.05) is 13.1 Å². The van der Waals surface area contributed by atoms with Gasteiger partial charge in [0.1, 0.15) is 17.8 Å². The Morgan fingerprint density at radius 3 is 2.77 bits per heavy atom. The minimum absolute atomic E-state index is 0.0470. The second kappa shape index (κ2) is 3.08. The van der Waals surface area contributed by atoms with Crippen LogP contribution >= 0.6 is 0 Å². The smallest absolute Gasteiger partial charge is 0.297 e. The monoisotopic (exact) mass is 180 g/mol. The van der Waals surface area contributed by atoms with E-state index in [-0.39, 0.29) is 5.84 Å². The quantitative estimate of drug-likeness (QED) is 0.514. The Hall–Kier alpha value is -1.52. The molecule has 5 nitrogen and oxygen atoms in total. The first-order valence-corrected chi connectivity index (χ1v) is 4.32. The number of nitrogens with one attached hydrogen (secondary N) is 1. The Balaban J connectivity index is 2.16. The van der Waals surface area contributed by atoms with Gasteiger partial charge in [0.2, 0.25) is 0 Å². The van der Waals surface area contributed by atoms with E-state index in [4.69, 9.17) is 15.6 Å². The molecule has 70 valence electrons. The molecule has 3 N–H and O–H groups in total. The lowest BCUT2D eigenvalue weighted by molar-refractivity contribution is 0.547. The van der Waals surface area contributed by atoms with Gasteiger partial charge in [-0.15, -0.1) is 0 Å². The van der Waals surface area contributed by atoms with E-state index >= 15 is 0 Å². The normalized spacial score (nSPS) is 16.5. The number of hydrogen-bond donors (Lipinski definition) is 2. The van der Waals surface area contributed by atoms with Crippen LogP contribution in [-0.4, -0.2) is 23.9 Å². The van der Waals surface area contributed by atoms with Crippen LogP contribution in [0.4, 0.5) is 6.01 Å². The van der Waals surface area contributed by atoms with Gasteiger partial charge in [-0.05, 0) is 12.8 Å². The van der Waals surface area contributed by atoms with Gasteiger partial charge in [-0.2, -0.15) is 4.98 Å². The maximum atomic E-state index is 7.16. The van der Waals surface area contributed by atoms with E-state index in [1.54, 1.807) is 0 Å². The van der Waals surface area contributed by atoms with Crippen LogP contribution < -0.4 is 10.6 Å². The molecule has 13 heavy (non-hydrogen) atoms. The van der Waals surface area contributed by atoms with Crippen molar-refractivity contribution in [1.29, 1.82) is 5.41 Å². The lowest BCUT2D eigenvalue weighted by atomic mass is 10.4. The highest BCUT2D eigenvalue weighted by Crippen LogP contribution is 2.18. The minimum atomic E-state index is -0.0470. The summed E-state index contributed by atoms with van der Waals surface area (Å²) in [6.45, 7) is 1.97. The van der Waals surface area contributed by atoms with Crippen LogP contribution in [0.3, 0.4) is 0 Å². The summed E-state index contributed by atoms with van der Waals surface area (Å²) in [5.41, 5.74) is 5.69. The van der Waals surface area contributed by atoms with Gasteiger partial charge in [0.25, 0.3) is 6.01 Å². The molecule has 0 spiro atoms. The molecule has 0 radical (unpaired) electrons. The van der Waals surface area contributed by atoms with Crippen LogP contribution in [0.25, 0.3) is 0 Å². The van der Waals surface area contributed by atoms with E-state index in [1.807, 2.05) is 0 Å². The zero-order chi connectivity index (χ0) is 9.26. The molecule has 1 aliphatic heterocycles. The van der Waals surface area contributed by atoms with Crippen molar-refractivity contribution in [3.8, 4) is 0 Å². The summed E-state index contributed by atoms with van der Waals surface area (Å²) in [6, 6.07) is 0.586. The first-order chi connectivity index (χ1) is 6.27. The maximum Gasteiger partial charge on any atom is 0.297 e. The molecule has 1 aliphatic rings. The van der Waals surface area contributed by atoms with Crippen LogP contribution in [0, 0.1) is 5.41 Å². The highest BCUT2D eigenvalue weighted by Gasteiger charge is 2.17. The molecule has 0 aromatic carbocycles. The summed E-state index contributed by atoms with van der Waals surface area (Å²) in [5.74, 6) is -0.0470. The summed E-state index contributed by atoms with van der Waals surface area (Å²) < 4.78 is 5.20. The summed E-state index contributed by atoms with van der Waals surface area (Å²) in [4.78, 5) is 6.16. The number of oxazole rings is 1. The average Bonchev–Trinajstić information content (AvgIpc) is 2.75. The third-order valence-electron chi connectivity index (χ3n) is 2.14. The molecule has 0 atom stereocenters. The van der Waals surface area contributed by atoms with Crippen molar-refractivity contribution < 1.29 is 4.42 Å². The van der Waals surface area contributed by atoms with Gasteiger partial charge in [-0.25, -0.2) is 0 Å². The molecule has 0 amide bonds. The molecule has 5 heteroatoms. The van der Waals surface area contributed by atoms with Crippen molar-refractivity contribution in [1.82, 2.24) is 4.98 Å². The van der Waals surface area contributed by atoms with Crippen LogP contribution in [0.5, 0.6) is 0 Å². The molecule has 1 saturated heterocycles. The van der Waals surface area contributed by atoms with Gasteiger partial charge in [0.05, 0.1) is 0 Å². The van der Waals surface area contributed by atoms with E-state index in [1.165, 1.54) is 19.1 Å². The highest BCUT2D eigenvalue weighted by molar-refractivity contribution is 5.92. The largest absolute Gasteiger partial charge is 0.431 e. The molecule has 0 saturated carbocycles. The Bertz CT molecular complexity index is 314. The molecule has 1 aromatic rings. The standard InChI is InChI=1S/C8H12N4O/c9-7(10)6-5-13-8(11-6)12-3-1-2-4-12/h5H,1-4H2,(H3,9,10). The average molecular weight is 180 g/mol. The Morgan fingerprint density at radius 1 is 1.54 bits per heavy atom. The Labute approximate surface area is 76.0 Å². The lowest BCUT2D eigenvalue weighted by Gasteiger charge is -2.10. The van der Waals surface area contributed by atoms with Crippen molar-refractivity contribution in [3.63, 3.8) is 0 Å². The second-order valence-corrected chi connectivity index (χ2v) is 3.12. The third-order valence-corrected chi connectivity index (χ3v) is 2.14. The van der Waals surface area contributed by atoms with Crippen molar-refractivity contribution in [3.05, 3.63) is 12.0 Å². The summed E-state index contributed by atoms with van der Waals surface area (Å²) in [7, 11) is 0. The lowest BCUT2D eigenvalue weighted by Crippen LogP contribution is -2.18. The molecule has 0 bridgehead atoms. The van der Waals surface area contributed by atoms with Crippen LogP contribution in [-0.2, 0) is 0 Å². The molecule has 2 rings (SSSR count). The van der Waals surface area contributed by atoms with E-state index < -0.39 is 0 Å². The SMILES string of the molecule is N=C(N)c1coc(N2CCCC2)n1. The van der Waals surface area contributed by atoms with Crippen molar-refractivity contribution in [2.24, 2.45) is 5.73 Å². The molecule has 1 aromatic heterocycles. The molecular formula is C8H12N4O. The third kappa shape index (κ3) is 1.49. The maximum absolute atomic E-state index is 7.16. The number of nitrogens with two attached hydrogens (primary N) is 1. The van der Waals surface area contributed by atoms with Crippen molar-refractivity contribution in [2.75, 3.05) is 18.0 Å². The molecule has 1 fully saturated rings. The minimum Gasteiger partial charge on any atom is -0.431 e. The number of amidine groups is 1. The number of rotatable bonds is 2. The van der Waals surface area contributed by atoms with E-state index in [0.717, 1.165) is 13.1 Å². The fourth-order valence-corrected chi connectivity index (χ4v) is 1.44. The molecule has 0 aliphatic carbocycles. The second-order valence-electron chi connectivity index (χ2n) is 3.12. The van der Waals surface area contributed by atoms with E-state index in [2.05, 4.69) is 9.88 Å². The fraction of sp³-hybridized carbons (Fsp3) is 0.500. The van der Waals surface area contributed by atoms with Gasteiger partial charge in [-0.3, -0.25) is 5.41 Å². The fourth-order valence-electron chi connectivity index (χ4n) is 1.44. The Morgan fingerprint density at radius 2 is 2.23 bits per heavy atom. The van der Waals surface area contributed by atoms with Gasteiger partial charge in [0.15, 0.2) is 0 Å². The number of nitrogens with zero attached hydrogens (tertiary/aromatic N) is 2.